The van der Waals surface area contributed by atoms with Crippen LogP contribution in [0.25, 0.3) is 0 Å². The van der Waals surface area contributed by atoms with Gasteiger partial charge in [0.05, 0.1) is 18.2 Å². The molecule has 0 aliphatic rings. The number of benzene rings is 1. The van der Waals surface area contributed by atoms with Crippen LogP contribution in [0.3, 0.4) is 0 Å². The molecule has 2 aromatic rings. The Morgan fingerprint density at radius 3 is 2.71 bits per heavy atom. The first-order valence-electron chi connectivity index (χ1n) is 6.23. The second-order valence-corrected chi connectivity index (χ2v) is 5.00. The predicted molar refractivity (Wildman–Crippen MR) is 82.0 cm³/mol. The summed E-state index contributed by atoms with van der Waals surface area (Å²) in [6.45, 7) is 0.00388. The zero-order valence-corrected chi connectivity index (χ0v) is 11.9. The lowest BCUT2D eigenvalue weighted by Gasteiger charge is -2.04. The fourth-order valence-electron chi connectivity index (χ4n) is 1.61. The lowest BCUT2D eigenvalue weighted by atomic mass is 10.2. The fraction of sp³-hybridized carbons (Fsp3) is 0.125. The number of anilines is 1. The van der Waals surface area contributed by atoms with Crippen LogP contribution in [0.2, 0.25) is 0 Å². The van der Waals surface area contributed by atoms with E-state index < -0.39 is 0 Å². The Morgan fingerprint density at radius 1 is 1.29 bits per heavy atom. The average Bonchev–Trinajstić information content (AvgIpc) is 2.97. The Balaban J connectivity index is 2.12. The van der Waals surface area contributed by atoms with E-state index in [1.165, 1.54) is 11.3 Å². The van der Waals surface area contributed by atoms with Crippen molar-refractivity contribution in [1.82, 2.24) is 0 Å². The molecule has 0 atom stereocenters. The van der Waals surface area contributed by atoms with Crippen LogP contribution in [-0.4, -0.2) is 17.6 Å². The van der Waals surface area contributed by atoms with Crippen LogP contribution in [0.4, 0.5) is 5.69 Å². The molecule has 1 aromatic heterocycles. The van der Waals surface area contributed by atoms with Gasteiger partial charge in [-0.15, -0.1) is 11.3 Å². The standard InChI is InChI=1S/C16H12N2O2S/c17-11-12-4-6-14(7-5-12)18-16(20)15-13(8-10-21-15)3-1-2-9-19/h4-8,10,19H,2,9H2,(H,18,20). The van der Waals surface area contributed by atoms with Crippen LogP contribution in [0.1, 0.15) is 27.2 Å². The number of nitriles is 1. The van der Waals surface area contributed by atoms with Gasteiger partial charge in [0.2, 0.25) is 0 Å². The first-order chi connectivity index (χ1) is 10.2. The Bertz CT molecular complexity index is 730. The summed E-state index contributed by atoms with van der Waals surface area (Å²) in [4.78, 5) is 12.7. The van der Waals surface area contributed by atoms with Gasteiger partial charge in [0.15, 0.2) is 0 Å². The highest BCUT2D eigenvalue weighted by atomic mass is 32.1. The number of hydrogen-bond donors (Lipinski definition) is 2. The summed E-state index contributed by atoms with van der Waals surface area (Å²) >= 11 is 1.31. The highest BCUT2D eigenvalue weighted by Crippen LogP contribution is 2.18. The molecule has 1 aromatic carbocycles. The molecule has 1 heterocycles. The molecule has 5 heteroatoms. The highest BCUT2D eigenvalue weighted by molar-refractivity contribution is 7.12. The number of aliphatic hydroxyl groups is 1. The molecule has 0 saturated heterocycles. The summed E-state index contributed by atoms with van der Waals surface area (Å²) in [5.41, 5.74) is 1.82. The van der Waals surface area contributed by atoms with Crippen LogP contribution in [0.15, 0.2) is 35.7 Å². The molecule has 0 saturated carbocycles. The number of thiophene rings is 1. The van der Waals surface area contributed by atoms with Crippen molar-refractivity contribution in [2.45, 2.75) is 6.42 Å². The van der Waals surface area contributed by atoms with Crippen LogP contribution in [0.5, 0.6) is 0 Å². The normalized spacial score (nSPS) is 9.33. The minimum absolute atomic E-state index is 0.00388. The third-order valence-corrected chi connectivity index (χ3v) is 3.52. The van der Waals surface area contributed by atoms with Gasteiger partial charge < -0.3 is 10.4 Å². The van der Waals surface area contributed by atoms with Crippen molar-refractivity contribution in [3.05, 3.63) is 51.7 Å². The molecule has 0 fully saturated rings. The van der Waals surface area contributed by atoms with Crippen molar-refractivity contribution in [2.24, 2.45) is 0 Å². The van der Waals surface area contributed by atoms with Gasteiger partial charge in [-0.2, -0.15) is 5.26 Å². The van der Waals surface area contributed by atoms with E-state index >= 15 is 0 Å². The van der Waals surface area contributed by atoms with Gasteiger partial charge in [0.1, 0.15) is 4.88 Å². The van der Waals surface area contributed by atoms with Crippen LogP contribution >= 0.6 is 11.3 Å². The van der Waals surface area contributed by atoms with Gasteiger partial charge in [0.25, 0.3) is 5.91 Å². The zero-order valence-electron chi connectivity index (χ0n) is 11.1. The van der Waals surface area contributed by atoms with Gasteiger partial charge in [0, 0.05) is 17.7 Å². The minimum Gasteiger partial charge on any atom is -0.395 e. The molecule has 0 radical (unpaired) electrons. The van der Waals surface area contributed by atoms with Crippen LogP contribution < -0.4 is 5.32 Å². The number of carbonyl (C=O) groups is 1. The molecule has 0 spiro atoms. The third kappa shape index (κ3) is 3.93. The molecule has 21 heavy (non-hydrogen) atoms. The van der Waals surface area contributed by atoms with E-state index in [4.69, 9.17) is 10.4 Å². The number of hydrogen-bond acceptors (Lipinski definition) is 4. The van der Waals surface area contributed by atoms with Gasteiger partial charge in [-0.05, 0) is 35.7 Å². The number of amides is 1. The zero-order chi connectivity index (χ0) is 15.1. The largest absolute Gasteiger partial charge is 0.395 e. The molecule has 2 rings (SSSR count). The topological polar surface area (TPSA) is 73.1 Å². The Morgan fingerprint density at radius 2 is 2.05 bits per heavy atom. The quantitative estimate of drug-likeness (QED) is 0.855. The monoisotopic (exact) mass is 296 g/mol. The number of nitrogens with zero attached hydrogens (tertiary/aromatic N) is 1. The summed E-state index contributed by atoms with van der Waals surface area (Å²) in [6, 6.07) is 10.5. The van der Waals surface area contributed by atoms with Crippen LogP contribution in [-0.2, 0) is 0 Å². The SMILES string of the molecule is N#Cc1ccc(NC(=O)c2sccc2C#CCCO)cc1. The summed E-state index contributed by atoms with van der Waals surface area (Å²) in [6.07, 6.45) is 0.381. The van der Waals surface area contributed by atoms with Crippen molar-refractivity contribution >= 4 is 22.9 Å². The second-order valence-electron chi connectivity index (χ2n) is 4.08. The third-order valence-electron chi connectivity index (χ3n) is 2.60. The second kappa shape index (κ2) is 7.25. The first kappa shape index (κ1) is 14.8. The average molecular weight is 296 g/mol. The number of rotatable bonds is 3. The summed E-state index contributed by atoms with van der Waals surface area (Å²) in [7, 11) is 0. The Kier molecular flexibility index (Phi) is 5.11. The van der Waals surface area contributed by atoms with Gasteiger partial charge in [-0.1, -0.05) is 11.8 Å². The van der Waals surface area contributed by atoms with Crippen molar-refractivity contribution in [3.63, 3.8) is 0 Å². The van der Waals surface area contributed by atoms with E-state index in [-0.39, 0.29) is 12.5 Å². The molecule has 4 nitrogen and oxygen atoms in total. The van der Waals surface area contributed by atoms with Gasteiger partial charge >= 0.3 is 0 Å². The number of carbonyl (C=O) groups excluding carboxylic acids is 1. The molecule has 0 bridgehead atoms. The maximum atomic E-state index is 12.2. The molecular formula is C16H12N2O2S. The molecule has 2 N–H and O–H groups in total. The fourth-order valence-corrected chi connectivity index (χ4v) is 2.36. The Labute approximate surface area is 126 Å². The van der Waals surface area contributed by atoms with Crippen molar-refractivity contribution in [2.75, 3.05) is 11.9 Å². The Hall–Kier alpha value is -2.60. The van der Waals surface area contributed by atoms with Crippen molar-refractivity contribution in [1.29, 1.82) is 5.26 Å². The van der Waals surface area contributed by atoms with Crippen molar-refractivity contribution in [3.8, 4) is 17.9 Å². The first-order valence-corrected chi connectivity index (χ1v) is 7.11. The highest BCUT2D eigenvalue weighted by Gasteiger charge is 2.12. The maximum absolute atomic E-state index is 12.2. The molecule has 0 unspecified atom stereocenters. The van der Waals surface area contributed by atoms with E-state index in [0.29, 0.717) is 28.1 Å². The van der Waals surface area contributed by atoms with Gasteiger partial charge in [-0.25, -0.2) is 0 Å². The van der Waals surface area contributed by atoms with Crippen molar-refractivity contribution < 1.29 is 9.90 Å². The summed E-state index contributed by atoms with van der Waals surface area (Å²) in [5.74, 6) is 5.44. The smallest absolute Gasteiger partial charge is 0.267 e. The maximum Gasteiger partial charge on any atom is 0.267 e. The predicted octanol–water partition coefficient (Wildman–Crippen LogP) is 2.61. The lowest BCUT2D eigenvalue weighted by molar-refractivity contribution is 0.103. The number of aliphatic hydroxyl groups excluding tert-OH is 1. The van der Waals surface area contributed by atoms with E-state index in [1.54, 1.807) is 35.7 Å². The summed E-state index contributed by atoms with van der Waals surface area (Å²) < 4.78 is 0. The minimum atomic E-state index is -0.233. The van der Waals surface area contributed by atoms with Gasteiger partial charge in [-0.3, -0.25) is 4.79 Å². The lowest BCUT2D eigenvalue weighted by Crippen LogP contribution is -2.11. The van der Waals surface area contributed by atoms with E-state index in [9.17, 15) is 4.79 Å². The van der Waals surface area contributed by atoms with E-state index in [1.807, 2.05) is 6.07 Å². The van der Waals surface area contributed by atoms with Crippen LogP contribution in [0, 0.1) is 23.2 Å². The summed E-state index contributed by atoms with van der Waals surface area (Å²) in [5, 5.41) is 22.0. The molecular weight excluding hydrogens is 284 g/mol. The number of nitrogens with one attached hydrogen (secondary N) is 1. The molecule has 0 aliphatic carbocycles. The molecule has 104 valence electrons. The molecule has 1 amide bonds. The molecule has 0 aliphatic heterocycles. The van der Waals surface area contributed by atoms with E-state index in [2.05, 4.69) is 17.2 Å². The van der Waals surface area contributed by atoms with E-state index in [0.717, 1.165) is 0 Å².